The molecule has 1 aromatic carbocycles. The lowest BCUT2D eigenvalue weighted by atomic mass is 10.0. The maximum absolute atomic E-state index is 13.1. The summed E-state index contributed by atoms with van der Waals surface area (Å²) >= 11 is 0. The summed E-state index contributed by atoms with van der Waals surface area (Å²) in [4.78, 5) is 21.6. The van der Waals surface area contributed by atoms with Gasteiger partial charge < -0.3 is 10.2 Å². The van der Waals surface area contributed by atoms with Gasteiger partial charge in [-0.05, 0) is 55.5 Å². The predicted octanol–water partition coefficient (Wildman–Crippen LogP) is 3.53. The number of nitrogens with one attached hydrogen (secondary N) is 1. The molecular weight excluding hydrogens is 355 g/mol. The molecule has 1 N–H and O–H groups in total. The van der Waals surface area contributed by atoms with E-state index in [1.54, 1.807) is 6.20 Å². The van der Waals surface area contributed by atoms with Crippen LogP contribution in [0.2, 0.25) is 0 Å². The highest BCUT2D eigenvalue weighted by Gasteiger charge is 2.25. The Hall–Kier alpha value is -2.47. The number of pyridine rings is 1. The molecule has 2 aromatic rings. The smallest absolute Gasteiger partial charge is 0.257 e. The van der Waals surface area contributed by atoms with E-state index >= 15 is 0 Å². The summed E-state index contributed by atoms with van der Waals surface area (Å²) in [5.74, 6) is 0.597. The highest BCUT2D eigenvalue weighted by Crippen LogP contribution is 2.22. The molecular formula is C22H27FN4O. The van der Waals surface area contributed by atoms with Gasteiger partial charge in [-0.15, -0.1) is 0 Å². The van der Waals surface area contributed by atoms with Gasteiger partial charge in [0.05, 0.1) is 5.56 Å². The van der Waals surface area contributed by atoms with Crippen LogP contribution in [0.25, 0.3) is 0 Å². The van der Waals surface area contributed by atoms with Crippen LogP contribution in [0, 0.1) is 5.82 Å². The van der Waals surface area contributed by atoms with Crippen LogP contribution in [0.5, 0.6) is 0 Å². The minimum absolute atomic E-state index is 0.0850. The number of piperidine rings is 1. The van der Waals surface area contributed by atoms with E-state index in [9.17, 15) is 9.18 Å². The number of benzene rings is 1. The Morgan fingerprint density at radius 3 is 2.50 bits per heavy atom. The second-order valence-corrected chi connectivity index (χ2v) is 7.72. The summed E-state index contributed by atoms with van der Waals surface area (Å²) in [7, 11) is 0. The van der Waals surface area contributed by atoms with Gasteiger partial charge >= 0.3 is 0 Å². The molecule has 0 spiro atoms. The maximum Gasteiger partial charge on any atom is 0.257 e. The van der Waals surface area contributed by atoms with E-state index < -0.39 is 0 Å². The molecule has 0 radical (unpaired) electrons. The Morgan fingerprint density at radius 2 is 1.79 bits per heavy atom. The molecule has 1 amide bonds. The number of hydrogen-bond acceptors (Lipinski definition) is 4. The Balaban J connectivity index is 1.33. The third-order valence-electron chi connectivity index (χ3n) is 5.68. The van der Waals surface area contributed by atoms with E-state index in [-0.39, 0.29) is 11.7 Å². The maximum atomic E-state index is 13.1. The number of hydrogen-bond donors (Lipinski definition) is 1. The molecule has 28 heavy (non-hydrogen) atoms. The summed E-state index contributed by atoms with van der Waals surface area (Å²) in [6.07, 6.45) is 5.90. The lowest BCUT2D eigenvalue weighted by Crippen LogP contribution is -2.39. The van der Waals surface area contributed by atoms with Crippen molar-refractivity contribution in [1.82, 2.24) is 14.8 Å². The molecule has 0 aliphatic carbocycles. The molecule has 2 saturated heterocycles. The summed E-state index contributed by atoms with van der Waals surface area (Å²) in [5.41, 5.74) is 1.81. The van der Waals surface area contributed by atoms with Crippen LogP contribution in [0.4, 0.5) is 10.2 Å². The molecule has 0 atom stereocenters. The lowest BCUT2D eigenvalue weighted by molar-refractivity contribution is 0.0793. The van der Waals surface area contributed by atoms with Gasteiger partial charge in [0.2, 0.25) is 0 Å². The van der Waals surface area contributed by atoms with Gasteiger partial charge in [0.1, 0.15) is 11.6 Å². The Morgan fingerprint density at radius 1 is 1.07 bits per heavy atom. The van der Waals surface area contributed by atoms with Gasteiger partial charge in [0.25, 0.3) is 5.91 Å². The SMILES string of the molecule is O=C(c1cccnc1NC1CCN(Cc2ccc(F)cc2)CC1)N1CCCC1. The number of rotatable bonds is 5. The van der Waals surface area contributed by atoms with Crippen molar-refractivity contribution in [2.45, 2.75) is 38.3 Å². The second kappa shape index (κ2) is 8.69. The third-order valence-corrected chi connectivity index (χ3v) is 5.68. The number of anilines is 1. The average molecular weight is 382 g/mol. The van der Waals surface area contributed by atoms with E-state index in [1.165, 1.54) is 12.1 Å². The Labute approximate surface area is 165 Å². The van der Waals surface area contributed by atoms with Crippen molar-refractivity contribution in [2.75, 3.05) is 31.5 Å². The van der Waals surface area contributed by atoms with Crippen molar-refractivity contribution in [3.05, 3.63) is 59.5 Å². The number of likely N-dealkylation sites (tertiary alicyclic amines) is 2. The van der Waals surface area contributed by atoms with Crippen LogP contribution in [0.15, 0.2) is 42.6 Å². The minimum atomic E-state index is -0.193. The average Bonchev–Trinajstić information content (AvgIpc) is 3.26. The van der Waals surface area contributed by atoms with Crippen LogP contribution in [0.1, 0.15) is 41.6 Å². The molecule has 0 unspecified atom stereocenters. The first-order valence-corrected chi connectivity index (χ1v) is 10.2. The number of aromatic nitrogens is 1. The molecule has 6 heteroatoms. The van der Waals surface area contributed by atoms with Crippen LogP contribution in [-0.4, -0.2) is 52.9 Å². The molecule has 2 aliphatic rings. The molecule has 3 heterocycles. The van der Waals surface area contributed by atoms with Crippen molar-refractivity contribution in [3.8, 4) is 0 Å². The van der Waals surface area contributed by atoms with Gasteiger partial charge in [0.15, 0.2) is 0 Å². The fraction of sp³-hybridized carbons (Fsp3) is 0.455. The first-order valence-electron chi connectivity index (χ1n) is 10.2. The first-order chi connectivity index (χ1) is 13.7. The summed E-state index contributed by atoms with van der Waals surface area (Å²) in [6.45, 7) is 4.47. The number of carbonyl (C=O) groups excluding carboxylic acids is 1. The summed E-state index contributed by atoms with van der Waals surface area (Å²) < 4.78 is 13.1. The zero-order chi connectivity index (χ0) is 19.3. The van der Waals surface area contributed by atoms with Gasteiger partial charge in [-0.25, -0.2) is 9.37 Å². The topological polar surface area (TPSA) is 48.5 Å². The van der Waals surface area contributed by atoms with Crippen LogP contribution < -0.4 is 5.32 Å². The second-order valence-electron chi connectivity index (χ2n) is 7.72. The highest BCUT2D eigenvalue weighted by molar-refractivity contribution is 5.98. The number of carbonyl (C=O) groups is 1. The van der Waals surface area contributed by atoms with Gasteiger partial charge in [0, 0.05) is 45.0 Å². The highest BCUT2D eigenvalue weighted by atomic mass is 19.1. The zero-order valence-electron chi connectivity index (χ0n) is 16.1. The fourth-order valence-electron chi connectivity index (χ4n) is 4.06. The molecule has 4 rings (SSSR count). The Bertz CT molecular complexity index is 796. The Kier molecular flexibility index (Phi) is 5.86. The molecule has 2 fully saturated rings. The predicted molar refractivity (Wildman–Crippen MR) is 108 cm³/mol. The van der Waals surface area contributed by atoms with Gasteiger partial charge in [-0.2, -0.15) is 0 Å². The van der Waals surface area contributed by atoms with Gasteiger partial charge in [-0.3, -0.25) is 9.69 Å². The van der Waals surface area contributed by atoms with Crippen LogP contribution in [-0.2, 0) is 6.54 Å². The molecule has 0 bridgehead atoms. The van der Waals surface area contributed by atoms with E-state index in [4.69, 9.17) is 0 Å². The third kappa shape index (κ3) is 4.50. The minimum Gasteiger partial charge on any atom is -0.367 e. The lowest BCUT2D eigenvalue weighted by Gasteiger charge is -2.33. The zero-order valence-corrected chi connectivity index (χ0v) is 16.1. The number of halogens is 1. The summed E-state index contributed by atoms with van der Waals surface area (Å²) in [6, 6.07) is 10.8. The van der Waals surface area contributed by atoms with E-state index in [0.717, 1.165) is 64.0 Å². The molecule has 0 saturated carbocycles. The fourth-order valence-corrected chi connectivity index (χ4v) is 4.06. The summed E-state index contributed by atoms with van der Waals surface area (Å²) in [5, 5.41) is 3.51. The van der Waals surface area contributed by atoms with Crippen molar-refractivity contribution < 1.29 is 9.18 Å². The molecule has 5 nitrogen and oxygen atoms in total. The monoisotopic (exact) mass is 382 g/mol. The van der Waals surface area contributed by atoms with E-state index in [1.807, 2.05) is 29.2 Å². The number of nitrogens with zero attached hydrogens (tertiary/aromatic N) is 3. The quantitative estimate of drug-likeness (QED) is 0.859. The molecule has 1 aromatic heterocycles. The normalized spacial score (nSPS) is 18.4. The van der Waals surface area contributed by atoms with Crippen molar-refractivity contribution in [3.63, 3.8) is 0 Å². The number of amides is 1. The van der Waals surface area contributed by atoms with Crippen LogP contribution in [0.3, 0.4) is 0 Å². The van der Waals surface area contributed by atoms with Crippen molar-refractivity contribution in [1.29, 1.82) is 0 Å². The van der Waals surface area contributed by atoms with E-state index in [0.29, 0.717) is 17.4 Å². The first kappa shape index (κ1) is 18.9. The standard InChI is InChI=1S/C22H27FN4O/c23-18-7-5-17(6-8-18)16-26-14-9-19(10-15-26)25-21-20(4-3-11-24-21)22(28)27-12-1-2-13-27/h3-8,11,19H,1-2,9-10,12-16H2,(H,24,25). The van der Waals surface area contributed by atoms with Crippen molar-refractivity contribution in [2.24, 2.45) is 0 Å². The molecule has 148 valence electrons. The largest absolute Gasteiger partial charge is 0.367 e. The van der Waals surface area contributed by atoms with E-state index in [2.05, 4.69) is 15.2 Å². The van der Waals surface area contributed by atoms with Crippen molar-refractivity contribution >= 4 is 11.7 Å². The van der Waals surface area contributed by atoms with Gasteiger partial charge in [-0.1, -0.05) is 12.1 Å². The molecule has 2 aliphatic heterocycles. The van der Waals surface area contributed by atoms with Crippen LogP contribution >= 0.6 is 0 Å².